The lowest BCUT2D eigenvalue weighted by Crippen LogP contribution is -2.42. The Morgan fingerprint density at radius 3 is 2.86 bits per heavy atom. The lowest BCUT2D eigenvalue weighted by molar-refractivity contribution is 0.0937. The minimum absolute atomic E-state index is 0.134. The number of benzene rings is 1. The summed E-state index contributed by atoms with van der Waals surface area (Å²) in [6.45, 7) is 6.79. The van der Waals surface area contributed by atoms with Gasteiger partial charge in [-0.2, -0.15) is 0 Å². The summed E-state index contributed by atoms with van der Waals surface area (Å²) in [5, 5.41) is 14.8. The van der Waals surface area contributed by atoms with E-state index in [0.717, 1.165) is 24.5 Å². The van der Waals surface area contributed by atoms with Gasteiger partial charge in [0.1, 0.15) is 5.01 Å². The Balaban J connectivity index is 1.53. The number of aryl methyl sites for hydroxylation is 1. The highest BCUT2D eigenvalue weighted by molar-refractivity contribution is 7.13. The predicted molar refractivity (Wildman–Crippen MR) is 111 cm³/mol. The van der Waals surface area contributed by atoms with Crippen LogP contribution in [-0.4, -0.2) is 52.6 Å². The van der Waals surface area contributed by atoms with Gasteiger partial charge in [-0.25, -0.2) is 0 Å². The Morgan fingerprint density at radius 1 is 1.25 bits per heavy atom. The average Bonchev–Trinajstić information content (AvgIpc) is 3.19. The molecule has 0 saturated carbocycles. The minimum Gasteiger partial charge on any atom is -0.351 e. The van der Waals surface area contributed by atoms with Crippen LogP contribution in [0.5, 0.6) is 0 Å². The number of carbonyl (C=O) groups excluding carboxylic acids is 2. The van der Waals surface area contributed by atoms with E-state index in [1.54, 1.807) is 24.3 Å². The summed E-state index contributed by atoms with van der Waals surface area (Å²) in [6, 6.07) is 7.52. The molecule has 1 atom stereocenters. The van der Waals surface area contributed by atoms with Crippen LogP contribution >= 0.6 is 11.3 Å². The Morgan fingerprint density at radius 2 is 2.11 bits per heavy atom. The quantitative estimate of drug-likeness (QED) is 0.745. The summed E-state index contributed by atoms with van der Waals surface area (Å²) >= 11 is 1.28. The van der Waals surface area contributed by atoms with E-state index in [0.29, 0.717) is 28.8 Å². The van der Waals surface area contributed by atoms with E-state index in [4.69, 9.17) is 0 Å². The predicted octanol–water partition coefficient (Wildman–Crippen LogP) is 2.96. The van der Waals surface area contributed by atoms with Crippen molar-refractivity contribution < 1.29 is 9.59 Å². The summed E-state index contributed by atoms with van der Waals surface area (Å²) < 4.78 is 0. The van der Waals surface area contributed by atoms with E-state index in [-0.39, 0.29) is 11.8 Å². The van der Waals surface area contributed by atoms with Crippen molar-refractivity contribution in [3.05, 3.63) is 39.8 Å². The Kier molecular flexibility index (Phi) is 7.11. The number of nitrogens with zero attached hydrogens (tertiary/aromatic N) is 3. The number of carbonyl (C=O) groups is 2. The summed E-state index contributed by atoms with van der Waals surface area (Å²) in [4.78, 5) is 27.2. The molecule has 2 N–H and O–H groups in total. The van der Waals surface area contributed by atoms with Crippen LogP contribution in [-0.2, 0) is 6.42 Å². The molecule has 1 aliphatic rings. The van der Waals surface area contributed by atoms with Gasteiger partial charge in [-0.15, -0.1) is 10.2 Å². The molecular formula is C20H27N5O2S. The Hall–Kier alpha value is -2.32. The Labute approximate surface area is 169 Å². The zero-order valence-corrected chi connectivity index (χ0v) is 17.2. The maximum absolute atomic E-state index is 12.5. The van der Waals surface area contributed by atoms with Gasteiger partial charge in [0.2, 0.25) is 5.01 Å². The van der Waals surface area contributed by atoms with Crippen LogP contribution in [0.3, 0.4) is 0 Å². The first-order valence-electron chi connectivity index (χ1n) is 9.83. The van der Waals surface area contributed by atoms with E-state index in [9.17, 15) is 9.59 Å². The van der Waals surface area contributed by atoms with Gasteiger partial charge in [0.05, 0.1) is 0 Å². The number of anilines is 1. The second-order valence-corrected chi connectivity index (χ2v) is 8.09. The van der Waals surface area contributed by atoms with Crippen molar-refractivity contribution in [3.8, 4) is 0 Å². The molecule has 3 rings (SSSR count). The van der Waals surface area contributed by atoms with E-state index < -0.39 is 0 Å². The zero-order valence-electron chi connectivity index (χ0n) is 16.4. The monoisotopic (exact) mass is 401 g/mol. The number of nitrogens with one attached hydrogen (secondary N) is 2. The average molecular weight is 402 g/mol. The van der Waals surface area contributed by atoms with Crippen LogP contribution < -0.4 is 10.6 Å². The van der Waals surface area contributed by atoms with Crippen molar-refractivity contribution in [2.24, 2.45) is 0 Å². The SMILES string of the molecule is CCc1nnc(C(=O)Nc2cccc(C(=O)NCCN3CCCC[C@@H]3C)c2)s1. The van der Waals surface area contributed by atoms with Crippen LogP contribution in [0.25, 0.3) is 0 Å². The largest absolute Gasteiger partial charge is 0.351 e. The van der Waals surface area contributed by atoms with Crippen molar-refractivity contribution in [2.75, 3.05) is 25.0 Å². The number of aromatic nitrogens is 2. The smallest absolute Gasteiger partial charge is 0.286 e. The topological polar surface area (TPSA) is 87.2 Å². The highest BCUT2D eigenvalue weighted by Gasteiger charge is 2.18. The molecule has 150 valence electrons. The van der Waals surface area contributed by atoms with Crippen molar-refractivity contribution in [2.45, 2.75) is 45.6 Å². The molecule has 28 heavy (non-hydrogen) atoms. The molecule has 0 aliphatic carbocycles. The summed E-state index contributed by atoms with van der Waals surface area (Å²) in [7, 11) is 0. The van der Waals surface area contributed by atoms with E-state index in [2.05, 4.69) is 32.7 Å². The van der Waals surface area contributed by atoms with Crippen molar-refractivity contribution in [1.29, 1.82) is 0 Å². The molecule has 1 saturated heterocycles. The van der Waals surface area contributed by atoms with Gasteiger partial charge in [0, 0.05) is 30.4 Å². The molecule has 0 bridgehead atoms. The van der Waals surface area contributed by atoms with Crippen molar-refractivity contribution in [1.82, 2.24) is 20.4 Å². The van der Waals surface area contributed by atoms with Crippen LogP contribution in [0.4, 0.5) is 5.69 Å². The van der Waals surface area contributed by atoms with E-state index in [1.165, 1.54) is 30.6 Å². The molecule has 1 aliphatic heterocycles. The normalized spacial score (nSPS) is 17.3. The molecule has 2 heterocycles. The second-order valence-electron chi connectivity index (χ2n) is 7.03. The van der Waals surface area contributed by atoms with Gasteiger partial charge in [-0.1, -0.05) is 30.7 Å². The molecule has 1 aromatic heterocycles. The van der Waals surface area contributed by atoms with Crippen LogP contribution in [0.1, 0.15) is 58.3 Å². The fourth-order valence-electron chi connectivity index (χ4n) is 3.32. The number of likely N-dealkylation sites (tertiary alicyclic amines) is 1. The fourth-order valence-corrected chi connectivity index (χ4v) is 3.99. The first-order valence-corrected chi connectivity index (χ1v) is 10.6. The summed E-state index contributed by atoms with van der Waals surface area (Å²) in [6.07, 6.45) is 4.49. The highest BCUT2D eigenvalue weighted by Crippen LogP contribution is 2.16. The molecule has 2 amide bonds. The highest BCUT2D eigenvalue weighted by atomic mass is 32.1. The number of amides is 2. The third kappa shape index (κ3) is 5.36. The fraction of sp³-hybridized carbons (Fsp3) is 0.500. The molecule has 0 radical (unpaired) electrons. The second kappa shape index (κ2) is 9.75. The van der Waals surface area contributed by atoms with Crippen LogP contribution in [0, 0.1) is 0 Å². The van der Waals surface area contributed by atoms with Crippen LogP contribution in [0.15, 0.2) is 24.3 Å². The Bertz CT molecular complexity index is 822. The third-order valence-corrected chi connectivity index (χ3v) is 6.04. The lowest BCUT2D eigenvalue weighted by Gasteiger charge is -2.33. The lowest BCUT2D eigenvalue weighted by atomic mass is 10.0. The molecule has 8 heteroatoms. The molecule has 1 fully saturated rings. The third-order valence-electron chi connectivity index (χ3n) is 4.97. The summed E-state index contributed by atoms with van der Waals surface area (Å²) in [5.41, 5.74) is 1.09. The van der Waals surface area contributed by atoms with E-state index >= 15 is 0 Å². The molecule has 1 aromatic carbocycles. The zero-order chi connectivity index (χ0) is 19.9. The number of hydrogen-bond acceptors (Lipinski definition) is 6. The maximum atomic E-state index is 12.5. The summed E-state index contributed by atoms with van der Waals surface area (Å²) in [5.74, 6) is -0.446. The van der Waals surface area contributed by atoms with E-state index in [1.807, 2.05) is 6.92 Å². The van der Waals surface area contributed by atoms with Gasteiger partial charge < -0.3 is 10.6 Å². The molecular weight excluding hydrogens is 374 g/mol. The van der Waals surface area contributed by atoms with Gasteiger partial charge >= 0.3 is 0 Å². The number of piperidine rings is 1. The first-order chi connectivity index (χ1) is 13.6. The van der Waals surface area contributed by atoms with Crippen molar-refractivity contribution >= 4 is 28.8 Å². The standard InChI is InChI=1S/C20H27N5O2S/c1-3-17-23-24-20(28-17)19(27)22-16-9-6-8-15(13-16)18(26)21-10-12-25-11-5-4-7-14(25)2/h6,8-9,13-14H,3-5,7,10-12H2,1-2H3,(H,21,26)(H,22,27)/t14-/m0/s1. The van der Waals surface area contributed by atoms with Gasteiger partial charge in [0.15, 0.2) is 0 Å². The molecule has 0 spiro atoms. The number of hydrogen-bond donors (Lipinski definition) is 2. The van der Waals surface area contributed by atoms with Gasteiger partial charge in [-0.3, -0.25) is 14.5 Å². The van der Waals surface area contributed by atoms with Crippen LogP contribution in [0.2, 0.25) is 0 Å². The van der Waals surface area contributed by atoms with Gasteiger partial charge in [0.25, 0.3) is 11.8 Å². The first kappa shape index (κ1) is 20.4. The molecule has 7 nitrogen and oxygen atoms in total. The molecule has 2 aromatic rings. The minimum atomic E-state index is -0.311. The van der Waals surface area contributed by atoms with Gasteiger partial charge in [-0.05, 0) is 50.9 Å². The number of rotatable bonds is 7. The van der Waals surface area contributed by atoms with Crippen molar-refractivity contribution in [3.63, 3.8) is 0 Å². The maximum Gasteiger partial charge on any atom is 0.286 e. The molecule has 0 unspecified atom stereocenters.